The number of aromatic nitrogens is 1. The minimum absolute atomic E-state index is 0.00382. The van der Waals surface area contributed by atoms with Gasteiger partial charge in [0.1, 0.15) is 5.84 Å². The molecular weight excluding hydrogens is 204 g/mol. The maximum atomic E-state index is 8.51. The zero-order valence-electron chi connectivity index (χ0n) is 9.59. The van der Waals surface area contributed by atoms with Gasteiger partial charge in [-0.3, -0.25) is 4.98 Å². The lowest BCUT2D eigenvalue weighted by molar-refractivity contribution is 0.313. The van der Waals surface area contributed by atoms with Crippen LogP contribution in [0.2, 0.25) is 0 Å². The van der Waals surface area contributed by atoms with Gasteiger partial charge in [0.25, 0.3) is 0 Å². The molecule has 0 spiro atoms. The first-order valence-corrected chi connectivity index (χ1v) is 5.26. The highest BCUT2D eigenvalue weighted by molar-refractivity contribution is 5.82. The van der Waals surface area contributed by atoms with Gasteiger partial charge in [-0.05, 0) is 18.6 Å². The van der Waals surface area contributed by atoms with Gasteiger partial charge in [0.15, 0.2) is 0 Å². The van der Waals surface area contributed by atoms with Crippen molar-refractivity contribution in [2.75, 3.05) is 6.54 Å². The van der Waals surface area contributed by atoms with Crippen LogP contribution in [0.5, 0.6) is 0 Å². The predicted molar refractivity (Wildman–Crippen MR) is 63.2 cm³/mol. The van der Waals surface area contributed by atoms with E-state index < -0.39 is 0 Å². The number of hydrogen-bond acceptors (Lipinski definition) is 4. The van der Waals surface area contributed by atoms with Crippen molar-refractivity contribution in [3.8, 4) is 0 Å². The van der Waals surface area contributed by atoms with Gasteiger partial charge in [0.05, 0.1) is 0 Å². The molecule has 1 aromatic rings. The number of oxime groups is 1. The maximum absolute atomic E-state index is 8.51. The summed E-state index contributed by atoms with van der Waals surface area (Å²) < 4.78 is 0. The van der Waals surface area contributed by atoms with Gasteiger partial charge in [-0.25, -0.2) is 0 Å². The van der Waals surface area contributed by atoms with Crippen LogP contribution in [0.25, 0.3) is 0 Å². The van der Waals surface area contributed by atoms with Crippen molar-refractivity contribution in [1.29, 1.82) is 0 Å². The van der Waals surface area contributed by atoms with Gasteiger partial charge in [-0.2, -0.15) is 0 Å². The molecule has 1 rings (SSSR count). The number of nitrogens with zero attached hydrogens (tertiary/aromatic N) is 2. The maximum Gasteiger partial charge on any atom is 0.143 e. The monoisotopic (exact) mass is 222 g/mol. The fraction of sp³-hybridized carbons (Fsp3) is 0.455. The van der Waals surface area contributed by atoms with Gasteiger partial charge in [0, 0.05) is 30.9 Å². The van der Waals surface area contributed by atoms with E-state index in [2.05, 4.69) is 22.4 Å². The summed E-state index contributed by atoms with van der Waals surface area (Å²) in [6.07, 6.45) is 3.57. The quantitative estimate of drug-likeness (QED) is 0.301. The number of pyridine rings is 1. The molecule has 0 aliphatic carbocycles. The van der Waals surface area contributed by atoms with E-state index in [4.69, 9.17) is 10.9 Å². The molecule has 0 bridgehead atoms. The third-order valence-electron chi connectivity index (χ3n) is 2.54. The van der Waals surface area contributed by atoms with Crippen LogP contribution in [0.15, 0.2) is 29.7 Å². The molecule has 5 heteroatoms. The van der Waals surface area contributed by atoms with Crippen molar-refractivity contribution in [3.05, 3.63) is 30.1 Å². The minimum Gasteiger partial charge on any atom is -0.409 e. The van der Waals surface area contributed by atoms with Crippen molar-refractivity contribution in [3.63, 3.8) is 0 Å². The van der Waals surface area contributed by atoms with E-state index in [-0.39, 0.29) is 17.8 Å². The molecule has 0 aromatic carbocycles. The zero-order chi connectivity index (χ0) is 12.0. The van der Waals surface area contributed by atoms with Crippen molar-refractivity contribution in [2.45, 2.75) is 19.9 Å². The largest absolute Gasteiger partial charge is 0.409 e. The van der Waals surface area contributed by atoms with Crippen molar-refractivity contribution < 1.29 is 5.21 Å². The highest BCUT2D eigenvalue weighted by atomic mass is 16.4. The molecular formula is C11H18N4O. The van der Waals surface area contributed by atoms with E-state index in [0.29, 0.717) is 6.54 Å². The van der Waals surface area contributed by atoms with E-state index in [1.165, 1.54) is 0 Å². The Balaban J connectivity index is 2.45. The van der Waals surface area contributed by atoms with Crippen LogP contribution >= 0.6 is 0 Å². The second-order valence-electron chi connectivity index (χ2n) is 3.84. The Morgan fingerprint density at radius 3 is 2.94 bits per heavy atom. The van der Waals surface area contributed by atoms with Gasteiger partial charge < -0.3 is 16.3 Å². The predicted octanol–water partition coefficient (Wildman–Crippen LogP) is 1.11. The second kappa shape index (κ2) is 6.07. The summed E-state index contributed by atoms with van der Waals surface area (Å²) in [5.41, 5.74) is 6.61. The Labute approximate surface area is 95.4 Å². The lowest BCUT2D eigenvalue weighted by Crippen LogP contribution is -2.32. The highest BCUT2D eigenvalue weighted by Crippen LogP contribution is 2.10. The molecule has 2 atom stereocenters. The number of rotatable bonds is 5. The summed E-state index contributed by atoms with van der Waals surface area (Å²) >= 11 is 0. The lowest BCUT2D eigenvalue weighted by Gasteiger charge is -2.16. The van der Waals surface area contributed by atoms with Gasteiger partial charge >= 0.3 is 0 Å². The number of amidine groups is 1. The standard InChI is InChI=1S/C11H18N4O/c1-8(11(12)15-16)6-14-9(2)10-4-3-5-13-7-10/h3-5,7-9,14,16H,6H2,1-2H3,(H2,12,15). The lowest BCUT2D eigenvalue weighted by atomic mass is 10.1. The number of hydrogen-bond donors (Lipinski definition) is 3. The Kier molecular flexibility index (Phi) is 4.72. The van der Waals surface area contributed by atoms with Gasteiger partial charge in [-0.15, -0.1) is 0 Å². The molecule has 0 saturated carbocycles. The number of nitrogens with one attached hydrogen (secondary N) is 1. The average Bonchev–Trinajstić information content (AvgIpc) is 2.35. The summed E-state index contributed by atoms with van der Waals surface area (Å²) in [7, 11) is 0. The Morgan fingerprint density at radius 1 is 1.62 bits per heavy atom. The molecule has 0 aliphatic rings. The molecule has 16 heavy (non-hydrogen) atoms. The molecule has 0 aliphatic heterocycles. The van der Waals surface area contributed by atoms with Gasteiger partial charge in [0.2, 0.25) is 0 Å². The normalized spacial score (nSPS) is 15.8. The molecule has 88 valence electrons. The van der Waals surface area contributed by atoms with Crippen molar-refractivity contribution in [2.24, 2.45) is 16.8 Å². The van der Waals surface area contributed by atoms with E-state index in [1.807, 2.05) is 25.3 Å². The van der Waals surface area contributed by atoms with Crippen LogP contribution in [0.3, 0.4) is 0 Å². The highest BCUT2D eigenvalue weighted by Gasteiger charge is 2.10. The summed E-state index contributed by atoms with van der Waals surface area (Å²) in [4.78, 5) is 4.06. The fourth-order valence-corrected chi connectivity index (χ4v) is 1.31. The van der Waals surface area contributed by atoms with E-state index >= 15 is 0 Å². The van der Waals surface area contributed by atoms with Crippen LogP contribution in [0, 0.1) is 5.92 Å². The molecule has 0 saturated heterocycles. The fourth-order valence-electron chi connectivity index (χ4n) is 1.31. The average molecular weight is 222 g/mol. The molecule has 1 aromatic heterocycles. The van der Waals surface area contributed by atoms with Crippen molar-refractivity contribution >= 4 is 5.84 Å². The molecule has 0 fully saturated rings. The number of nitrogens with two attached hydrogens (primary N) is 1. The molecule has 1 heterocycles. The summed E-state index contributed by atoms with van der Waals surface area (Å²) in [5, 5.41) is 14.8. The van der Waals surface area contributed by atoms with Crippen LogP contribution < -0.4 is 11.1 Å². The first kappa shape index (κ1) is 12.4. The van der Waals surface area contributed by atoms with Crippen LogP contribution in [-0.2, 0) is 0 Å². The second-order valence-corrected chi connectivity index (χ2v) is 3.84. The Bertz CT molecular complexity index is 339. The van der Waals surface area contributed by atoms with Crippen LogP contribution in [0.4, 0.5) is 0 Å². The van der Waals surface area contributed by atoms with Gasteiger partial charge in [-0.1, -0.05) is 18.1 Å². The molecule has 2 unspecified atom stereocenters. The van der Waals surface area contributed by atoms with E-state index in [1.54, 1.807) is 6.20 Å². The minimum atomic E-state index is 0.00382. The smallest absolute Gasteiger partial charge is 0.143 e. The molecule has 4 N–H and O–H groups in total. The summed E-state index contributed by atoms with van der Waals surface area (Å²) in [6, 6.07) is 4.11. The first-order valence-electron chi connectivity index (χ1n) is 5.26. The molecule has 5 nitrogen and oxygen atoms in total. The Morgan fingerprint density at radius 2 is 2.38 bits per heavy atom. The SMILES string of the molecule is CC(CNC(C)c1cccnc1)C(N)=NO. The Hall–Kier alpha value is -1.62. The molecule has 0 radical (unpaired) electrons. The van der Waals surface area contributed by atoms with Crippen LogP contribution in [0.1, 0.15) is 25.5 Å². The summed E-state index contributed by atoms with van der Waals surface area (Å²) in [6.45, 7) is 4.61. The van der Waals surface area contributed by atoms with Crippen molar-refractivity contribution in [1.82, 2.24) is 10.3 Å². The third-order valence-corrected chi connectivity index (χ3v) is 2.54. The zero-order valence-corrected chi connectivity index (χ0v) is 9.59. The summed E-state index contributed by atoms with van der Waals surface area (Å²) in [5.74, 6) is 0.245. The van der Waals surface area contributed by atoms with Crippen LogP contribution in [-0.4, -0.2) is 22.6 Å². The molecule has 0 amide bonds. The topological polar surface area (TPSA) is 83.5 Å². The van der Waals surface area contributed by atoms with E-state index in [0.717, 1.165) is 5.56 Å². The third kappa shape index (κ3) is 3.51. The first-order chi connectivity index (χ1) is 7.65. The van der Waals surface area contributed by atoms with E-state index in [9.17, 15) is 0 Å².